The van der Waals surface area contributed by atoms with Crippen molar-refractivity contribution in [3.05, 3.63) is 35.5 Å². The van der Waals surface area contributed by atoms with E-state index in [0.29, 0.717) is 0 Å². The van der Waals surface area contributed by atoms with Crippen LogP contribution in [0.5, 0.6) is 0 Å². The predicted molar refractivity (Wildman–Crippen MR) is 55.6 cm³/mol. The Balaban J connectivity index is 2.69. The van der Waals surface area contributed by atoms with E-state index in [1.165, 1.54) is 22.0 Å². The number of hydrogen-bond acceptors (Lipinski definition) is 1. The monoisotopic (exact) mass is 174 g/mol. The van der Waals surface area contributed by atoms with Crippen molar-refractivity contribution < 1.29 is 0 Å². The van der Waals surface area contributed by atoms with Crippen LogP contribution in [0.1, 0.15) is 24.1 Å². The standard InChI is InChI=1S/C11H14N2/c1-7-3-4-9-10(8(2)12)6-13-11(9)5-7/h3-6,8,13H,12H2,1-2H3. The molecule has 68 valence electrons. The number of aryl methyl sites for hydroxylation is 1. The zero-order valence-electron chi connectivity index (χ0n) is 7.96. The van der Waals surface area contributed by atoms with Gasteiger partial charge in [0.2, 0.25) is 0 Å². The first kappa shape index (κ1) is 8.32. The number of hydrogen-bond donors (Lipinski definition) is 2. The molecule has 2 heteroatoms. The van der Waals surface area contributed by atoms with Crippen molar-refractivity contribution in [1.82, 2.24) is 4.98 Å². The fraction of sp³-hybridized carbons (Fsp3) is 0.273. The first-order chi connectivity index (χ1) is 6.18. The minimum Gasteiger partial charge on any atom is -0.361 e. The van der Waals surface area contributed by atoms with Crippen LogP contribution in [0.15, 0.2) is 24.4 Å². The maximum atomic E-state index is 5.84. The van der Waals surface area contributed by atoms with E-state index < -0.39 is 0 Å². The highest BCUT2D eigenvalue weighted by Gasteiger charge is 2.06. The Morgan fingerprint density at radius 2 is 2.15 bits per heavy atom. The minimum absolute atomic E-state index is 0.0939. The first-order valence-electron chi connectivity index (χ1n) is 4.51. The van der Waals surface area contributed by atoms with E-state index >= 15 is 0 Å². The highest BCUT2D eigenvalue weighted by Crippen LogP contribution is 2.23. The summed E-state index contributed by atoms with van der Waals surface area (Å²) in [6.07, 6.45) is 1.99. The van der Waals surface area contributed by atoms with Gasteiger partial charge in [0.05, 0.1) is 0 Å². The molecule has 13 heavy (non-hydrogen) atoms. The summed E-state index contributed by atoms with van der Waals surface area (Å²) in [6, 6.07) is 6.47. The fourth-order valence-electron chi connectivity index (χ4n) is 1.64. The van der Waals surface area contributed by atoms with Gasteiger partial charge in [0.25, 0.3) is 0 Å². The van der Waals surface area contributed by atoms with Gasteiger partial charge in [-0.05, 0) is 31.0 Å². The minimum atomic E-state index is 0.0939. The van der Waals surface area contributed by atoms with Crippen LogP contribution in [0, 0.1) is 6.92 Å². The van der Waals surface area contributed by atoms with Gasteiger partial charge in [0, 0.05) is 23.1 Å². The van der Waals surface area contributed by atoms with Crippen molar-refractivity contribution in [2.24, 2.45) is 5.73 Å². The van der Waals surface area contributed by atoms with E-state index in [9.17, 15) is 0 Å². The number of H-pyrrole nitrogens is 1. The van der Waals surface area contributed by atoms with Gasteiger partial charge in [-0.1, -0.05) is 12.1 Å². The number of aromatic nitrogens is 1. The molecule has 1 atom stereocenters. The molecule has 2 nitrogen and oxygen atoms in total. The maximum absolute atomic E-state index is 5.84. The molecule has 1 aromatic carbocycles. The molecule has 0 saturated carbocycles. The van der Waals surface area contributed by atoms with E-state index in [4.69, 9.17) is 5.73 Å². The highest BCUT2D eigenvalue weighted by atomic mass is 14.7. The number of benzene rings is 1. The van der Waals surface area contributed by atoms with Crippen LogP contribution in [0.25, 0.3) is 10.9 Å². The summed E-state index contributed by atoms with van der Waals surface area (Å²) in [5.74, 6) is 0. The number of fused-ring (bicyclic) bond motifs is 1. The maximum Gasteiger partial charge on any atom is 0.0460 e. The van der Waals surface area contributed by atoms with Crippen molar-refractivity contribution in [2.45, 2.75) is 19.9 Å². The highest BCUT2D eigenvalue weighted by molar-refractivity contribution is 5.84. The second kappa shape index (κ2) is 2.89. The Hall–Kier alpha value is -1.28. The van der Waals surface area contributed by atoms with Crippen LogP contribution in [0.4, 0.5) is 0 Å². The third-order valence-corrected chi connectivity index (χ3v) is 2.36. The lowest BCUT2D eigenvalue weighted by Crippen LogP contribution is -2.03. The Kier molecular flexibility index (Phi) is 1.85. The summed E-state index contributed by atoms with van der Waals surface area (Å²) in [6.45, 7) is 4.09. The Morgan fingerprint density at radius 3 is 2.85 bits per heavy atom. The average Bonchev–Trinajstić information content (AvgIpc) is 2.46. The van der Waals surface area contributed by atoms with E-state index in [0.717, 1.165) is 0 Å². The second-order valence-corrected chi connectivity index (χ2v) is 3.58. The Morgan fingerprint density at radius 1 is 1.38 bits per heavy atom. The molecule has 0 saturated heterocycles. The fourth-order valence-corrected chi connectivity index (χ4v) is 1.64. The molecule has 0 aliphatic heterocycles. The van der Waals surface area contributed by atoms with Crippen LogP contribution < -0.4 is 5.73 Å². The summed E-state index contributed by atoms with van der Waals surface area (Å²) >= 11 is 0. The molecule has 0 fully saturated rings. The molecule has 1 unspecified atom stereocenters. The third kappa shape index (κ3) is 1.33. The van der Waals surface area contributed by atoms with Gasteiger partial charge in [-0.25, -0.2) is 0 Å². The van der Waals surface area contributed by atoms with Crippen molar-refractivity contribution in [1.29, 1.82) is 0 Å². The van der Waals surface area contributed by atoms with Crippen molar-refractivity contribution in [2.75, 3.05) is 0 Å². The lowest BCUT2D eigenvalue weighted by molar-refractivity contribution is 0.826. The number of nitrogens with one attached hydrogen (secondary N) is 1. The van der Waals surface area contributed by atoms with Gasteiger partial charge in [-0.3, -0.25) is 0 Å². The van der Waals surface area contributed by atoms with Crippen molar-refractivity contribution in [3.8, 4) is 0 Å². The first-order valence-corrected chi connectivity index (χ1v) is 4.51. The van der Waals surface area contributed by atoms with Crippen molar-refractivity contribution >= 4 is 10.9 Å². The summed E-state index contributed by atoms with van der Waals surface area (Å²) in [5.41, 5.74) is 9.47. The summed E-state index contributed by atoms with van der Waals surface area (Å²) in [7, 11) is 0. The van der Waals surface area contributed by atoms with Gasteiger partial charge in [-0.2, -0.15) is 0 Å². The topological polar surface area (TPSA) is 41.8 Å². The van der Waals surface area contributed by atoms with Gasteiger partial charge >= 0.3 is 0 Å². The van der Waals surface area contributed by atoms with E-state index in [-0.39, 0.29) is 6.04 Å². The second-order valence-electron chi connectivity index (χ2n) is 3.58. The molecule has 3 N–H and O–H groups in total. The van der Waals surface area contributed by atoms with Gasteiger partial charge in [0.15, 0.2) is 0 Å². The molecule has 2 rings (SSSR count). The Labute approximate surface area is 77.8 Å². The predicted octanol–water partition coefficient (Wildman–Crippen LogP) is 2.50. The summed E-state index contributed by atoms with van der Waals surface area (Å²) < 4.78 is 0. The largest absolute Gasteiger partial charge is 0.361 e. The van der Waals surface area contributed by atoms with Crippen molar-refractivity contribution in [3.63, 3.8) is 0 Å². The van der Waals surface area contributed by atoms with Crippen LogP contribution >= 0.6 is 0 Å². The van der Waals surface area contributed by atoms with Gasteiger partial charge < -0.3 is 10.7 Å². The molecule has 0 radical (unpaired) electrons. The van der Waals surface area contributed by atoms with E-state index in [1.807, 2.05) is 13.1 Å². The molecule has 0 amide bonds. The molecule has 1 aromatic heterocycles. The smallest absolute Gasteiger partial charge is 0.0460 e. The Bertz CT molecular complexity index is 427. The van der Waals surface area contributed by atoms with E-state index in [2.05, 4.69) is 30.1 Å². The van der Waals surface area contributed by atoms with Crippen LogP contribution in [-0.2, 0) is 0 Å². The quantitative estimate of drug-likeness (QED) is 0.685. The lowest BCUT2D eigenvalue weighted by atomic mass is 10.1. The zero-order valence-corrected chi connectivity index (χ0v) is 7.96. The van der Waals surface area contributed by atoms with Gasteiger partial charge in [0.1, 0.15) is 0 Å². The van der Waals surface area contributed by atoms with Crippen LogP contribution in [0.2, 0.25) is 0 Å². The number of rotatable bonds is 1. The number of nitrogens with two attached hydrogens (primary N) is 1. The van der Waals surface area contributed by atoms with E-state index in [1.54, 1.807) is 0 Å². The van der Waals surface area contributed by atoms with Crippen LogP contribution in [-0.4, -0.2) is 4.98 Å². The summed E-state index contributed by atoms with van der Waals surface area (Å²) in [5, 5.41) is 1.24. The SMILES string of the molecule is Cc1ccc2c(C(C)N)c[nH]c2c1. The third-order valence-electron chi connectivity index (χ3n) is 2.36. The lowest BCUT2D eigenvalue weighted by Gasteiger charge is -2.02. The molecule has 2 aromatic rings. The average molecular weight is 174 g/mol. The molecule has 0 aliphatic rings. The summed E-state index contributed by atoms with van der Waals surface area (Å²) in [4.78, 5) is 3.23. The molecular formula is C11H14N2. The number of aromatic amines is 1. The van der Waals surface area contributed by atoms with Gasteiger partial charge in [-0.15, -0.1) is 0 Å². The molecule has 0 bridgehead atoms. The van der Waals surface area contributed by atoms with Crippen LogP contribution in [0.3, 0.4) is 0 Å². The molecule has 0 spiro atoms. The molecule has 1 heterocycles. The zero-order chi connectivity index (χ0) is 9.42. The normalized spacial score (nSPS) is 13.5. The molecular weight excluding hydrogens is 160 g/mol. The molecule has 0 aliphatic carbocycles.